The second-order valence-electron chi connectivity index (χ2n) is 6.04. The molecule has 2 aliphatic rings. The fraction of sp³-hybridized carbons (Fsp3) is 1.00. The molecule has 4 atom stereocenters. The molecule has 0 saturated heterocycles. The van der Waals surface area contributed by atoms with Gasteiger partial charge in [0.2, 0.25) is 0 Å². The first kappa shape index (κ1) is 11.5. The van der Waals surface area contributed by atoms with Crippen LogP contribution in [0.3, 0.4) is 0 Å². The van der Waals surface area contributed by atoms with E-state index in [2.05, 4.69) is 13.8 Å². The molecule has 2 aliphatic carbocycles. The first-order valence-electron chi connectivity index (χ1n) is 7.33. The third-order valence-electron chi connectivity index (χ3n) is 5.22. The van der Waals surface area contributed by atoms with Crippen molar-refractivity contribution in [3.05, 3.63) is 0 Å². The molecule has 0 aromatic rings. The lowest BCUT2D eigenvalue weighted by atomic mass is 9.64. The number of hydrogen-bond acceptors (Lipinski definition) is 0. The summed E-state index contributed by atoms with van der Waals surface area (Å²) in [6.07, 6.45) is 13.6. The molecule has 0 amide bonds. The highest BCUT2D eigenvalue weighted by Gasteiger charge is 2.34. The lowest BCUT2D eigenvalue weighted by Crippen LogP contribution is -2.32. The van der Waals surface area contributed by atoms with E-state index in [0.29, 0.717) is 0 Å². The number of hydrogen-bond donors (Lipinski definition) is 0. The standard InChI is InChI=1S/C15H28/c1-3-13-9-5-7-11-15(13)14-10-6-4-8-12(14)2/h12-15H,3-11H2,1-2H3. The Morgan fingerprint density at radius 2 is 1.40 bits per heavy atom. The molecule has 0 spiro atoms. The van der Waals surface area contributed by atoms with Gasteiger partial charge in [0.1, 0.15) is 0 Å². The molecule has 0 nitrogen and oxygen atoms in total. The molecule has 0 aromatic heterocycles. The fourth-order valence-corrected chi connectivity index (χ4v) is 4.29. The van der Waals surface area contributed by atoms with E-state index in [-0.39, 0.29) is 0 Å². The maximum Gasteiger partial charge on any atom is -0.0355 e. The normalized spacial score (nSPS) is 42.8. The zero-order chi connectivity index (χ0) is 10.7. The van der Waals surface area contributed by atoms with Gasteiger partial charge in [0.25, 0.3) is 0 Å². The van der Waals surface area contributed by atoms with Crippen LogP contribution in [0.4, 0.5) is 0 Å². The summed E-state index contributed by atoms with van der Waals surface area (Å²) in [4.78, 5) is 0. The van der Waals surface area contributed by atoms with Gasteiger partial charge >= 0.3 is 0 Å². The molecular weight excluding hydrogens is 180 g/mol. The molecule has 4 unspecified atom stereocenters. The second kappa shape index (κ2) is 5.37. The molecular formula is C15H28. The van der Waals surface area contributed by atoms with Crippen molar-refractivity contribution in [1.82, 2.24) is 0 Å². The molecule has 0 heterocycles. The summed E-state index contributed by atoms with van der Waals surface area (Å²) in [5, 5.41) is 0. The zero-order valence-electron chi connectivity index (χ0n) is 10.7. The van der Waals surface area contributed by atoms with Crippen molar-refractivity contribution in [2.75, 3.05) is 0 Å². The minimum atomic E-state index is 1.02. The monoisotopic (exact) mass is 208 g/mol. The van der Waals surface area contributed by atoms with Crippen LogP contribution in [0.2, 0.25) is 0 Å². The molecule has 15 heavy (non-hydrogen) atoms. The molecule has 0 N–H and O–H groups in total. The van der Waals surface area contributed by atoms with Crippen molar-refractivity contribution in [3.8, 4) is 0 Å². The molecule has 0 heteroatoms. The highest BCUT2D eigenvalue weighted by atomic mass is 14.4. The van der Waals surface area contributed by atoms with Crippen molar-refractivity contribution in [2.45, 2.75) is 71.6 Å². The minimum Gasteiger partial charge on any atom is -0.0651 e. The summed E-state index contributed by atoms with van der Waals surface area (Å²) in [7, 11) is 0. The van der Waals surface area contributed by atoms with Crippen LogP contribution in [-0.4, -0.2) is 0 Å². The Kier molecular flexibility index (Phi) is 4.11. The molecule has 0 radical (unpaired) electrons. The van der Waals surface area contributed by atoms with Crippen LogP contribution >= 0.6 is 0 Å². The highest BCUT2D eigenvalue weighted by Crippen LogP contribution is 2.44. The number of rotatable bonds is 2. The summed E-state index contributed by atoms with van der Waals surface area (Å²) in [5.41, 5.74) is 0. The van der Waals surface area contributed by atoms with Gasteiger partial charge in [-0.25, -0.2) is 0 Å². The van der Waals surface area contributed by atoms with E-state index in [1.54, 1.807) is 12.8 Å². The van der Waals surface area contributed by atoms with E-state index >= 15 is 0 Å². The van der Waals surface area contributed by atoms with Gasteiger partial charge in [0.05, 0.1) is 0 Å². The largest absolute Gasteiger partial charge is 0.0651 e. The predicted octanol–water partition coefficient (Wildman–Crippen LogP) is 5.03. The highest BCUT2D eigenvalue weighted by molar-refractivity contribution is 4.85. The zero-order valence-corrected chi connectivity index (χ0v) is 10.7. The Labute approximate surface area is 95.8 Å². The molecule has 0 bridgehead atoms. The van der Waals surface area contributed by atoms with Crippen molar-refractivity contribution in [1.29, 1.82) is 0 Å². The van der Waals surface area contributed by atoms with Crippen molar-refractivity contribution >= 4 is 0 Å². The van der Waals surface area contributed by atoms with Gasteiger partial charge < -0.3 is 0 Å². The summed E-state index contributed by atoms with van der Waals surface area (Å²) in [6, 6.07) is 0. The van der Waals surface area contributed by atoms with E-state index in [4.69, 9.17) is 0 Å². The minimum absolute atomic E-state index is 1.02. The SMILES string of the molecule is CCC1CCCCC1C1CCCCC1C. The Hall–Kier alpha value is 0. The summed E-state index contributed by atoms with van der Waals surface area (Å²) in [5.74, 6) is 4.28. The van der Waals surface area contributed by atoms with E-state index < -0.39 is 0 Å². The molecule has 88 valence electrons. The maximum atomic E-state index is 2.52. The fourth-order valence-electron chi connectivity index (χ4n) is 4.29. The quantitative estimate of drug-likeness (QED) is 0.597. The summed E-state index contributed by atoms with van der Waals surface area (Å²) in [6.45, 7) is 4.93. The van der Waals surface area contributed by atoms with E-state index in [1.807, 2.05) is 0 Å². The van der Waals surface area contributed by atoms with Crippen LogP contribution in [-0.2, 0) is 0 Å². The van der Waals surface area contributed by atoms with Crippen LogP contribution in [0.15, 0.2) is 0 Å². The maximum absolute atomic E-state index is 2.52. The molecule has 0 aliphatic heterocycles. The smallest absolute Gasteiger partial charge is 0.0355 e. The topological polar surface area (TPSA) is 0 Å². The van der Waals surface area contributed by atoms with Gasteiger partial charge in [0.15, 0.2) is 0 Å². The average molecular weight is 208 g/mol. The lowest BCUT2D eigenvalue weighted by Gasteiger charge is -2.42. The second-order valence-corrected chi connectivity index (χ2v) is 6.04. The van der Waals surface area contributed by atoms with Crippen molar-refractivity contribution in [3.63, 3.8) is 0 Å². The van der Waals surface area contributed by atoms with Gasteiger partial charge in [-0.2, -0.15) is 0 Å². The third kappa shape index (κ3) is 2.57. The van der Waals surface area contributed by atoms with E-state index in [0.717, 1.165) is 23.7 Å². The van der Waals surface area contributed by atoms with Crippen LogP contribution in [0.1, 0.15) is 71.6 Å². The van der Waals surface area contributed by atoms with Gasteiger partial charge in [-0.3, -0.25) is 0 Å². The van der Waals surface area contributed by atoms with Crippen LogP contribution in [0.25, 0.3) is 0 Å². The first-order valence-corrected chi connectivity index (χ1v) is 7.33. The molecule has 2 fully saturated rings. The van der Waals surface area contributed by atoms with Crippen LogP contribution < -0.4 is 0 Å². The molecule has 0 aromatic carbocycles. The van der Waals surface area contributed by atoms with E-state index in [9.17, 15) is 0 Å². The Balaban J connectivity index is 1.99. The summed E-state index contributed by atoms with van der Waals surface area (Å²) >= 11 is 0. The first-order chi connectivity index (χ1) is 7.33. The van der Waals surface area contributed by atoms with Crippen LogP contribution in [0.5, 0.6) is 0 Å². The van der Waals surface area contributed by atoms with Gasteiger partial charge in [-0.15, -0.1) is 0 Å². The Bertz CT molecular complexity index is 184. The van der Waals surface area contributed by atoms with Crippen LogP contribution in [0, 0.1) is 23.7 Å². The van der Waals surface area contributed by atoms with Crippen molar-refractivity contribution in [2.24, 2.45) is 23.7 Å². The Morgan fingerprint density at radius 3 is 2.07 bits per heavy atom. The summed E-state index contributed by atoms with van der Waals surface area (Å²) < 4.78 is 0. The lowest BCUT2D eigenvalue weighted by molar-refractivity contribution is 0.0869. The van der Waals surface area contributed by atoms with Gasteiger partial charge in [-0.05, 0) is 36.5 Å². The van der Waals surface area contributed by atoms with E-state index in [1.165, 1.54) is 44.9 Å². The average Bonchev–Trinajstić information content (AvgIpc) is 2.30. The predicted molar refractivity (Wildman–Crippen MR) is 66.9 cm³/mol. The molecule has 2 rings (SSSR count). The van der Waals surface area contributed by atoms with Gasteiger partial charge in [-0.1, -0.05) is 58.8 Å². The van der Waals surface area contributed by atoms with Gasteiger partial charge in [0, 0.05) is 0 Å². The third-order valence-corrected chi connectivity index (χ3v) is 5.22. The Morgan fingerprint density at radius 1 is 0.800 bits per heavy atom. The molecule has 2 saturated carbocycles. The van der Waals surface area contributed by atoms with Crippen molar-refractivity contribution < 1.29 is 0 Å².